The second kappa shape index (κ2) is 6.59. The number of aromatic nitrogens is 1. The molecule has 1 N–H and O–H groups in total. The lowest BCUT2D eigenvalue weighted by Gasteiger charge is -2.22. The molecule has 2 rings (SSSR count). The van der Waals surface area contributed by atoms with Crippen LogP contribution in [0.25, 0.3) is 0 Å². The van der Waals surface area contributed by atoms with Crippen LogP contribution in [0.4, 0.5) is 11.5 Å². The first-order valence-electron chi connectivity index (χ1n) is 6.85. The Hall–Kier alpha value is -1.29. The van der Waals surface area contributed by atoms with Gasteiger partial charge in [-0.15, -0.1) is 0 Å². The van der Waals surface area contributed by atoms with Crippen LogP contribution in [-0.2, 0) is 4.74 Å². The van der Waals surface area contributed by atoms with E-state index in [0.29, 0.717) is 6.04 Å². The summed E-state index contributed by atoms with van der Waals surface area (Å²) in [6.07, 6.45) is 4.40. The number of hydrogen-bond acceptors (Lipinski definition) is 4. The number of pyridine rings is 1. The number of nitrogens with one attached hydrogen (secondary N) is 1. The van der Waals surface area contributed by atoms with E-state index in [1.165, 1.54) is 12.8 Å². The molecular formula is C14H23N3O. The summed E-state index contributed by atoms with van der Waals surface area (Å²) < 4.78 is 5.44. The molecule has 0 spiro atoms. The highest BCUT2D eigenvalue weighted by Gasteiger charge is 2.17. The molecule has 0 radical (unpaired) electrons. The summed E-state index contributed by atoms with van der Waals surface area (Å²) in [6.45, 7) is 7.88. The van der Waals surface area contributed by atoms with E-state index in [0.717, 1.165) is 37.8 Å². The third kappa shape index (κ3) is 3.35. The highest BCUT2D eigenvalue weighted by molar-refractivity contribution is 5.66. The summed E-state index contributed by atoms with van der Waals surface area (Å²) in [5.74, 6) is 1.08. The summed E-state index contributed by atoms with van der Waals surface area (Å²) in [6, 6.07) is 4.38. The third-order valence-corrected chi connectivity index (χ3v) is 3.17. The topological polar surface area (TPSA) is 37.4 Å². The quantitative estimate of drug-likeness (QED) is 0.840. The molecule has 0 saturated carbocycles. The fourth-order valence-corrected chi connectivity index (χ4v) is 2.29. The molecule has 1 aromatic rings. The number of rotatable bonds is 6. The van der Waals surface area contributed by atoms with Gasteiger partial charge in [-0.2, -0.15) is 0 Å². The molecule has 0 aromatic carbocycles. The molecule has 0 amide bonds. The molecule has 0 aliphatic carbocycles. The third-order valence-electron chi connectivity index (χ3n) is 3.17. The van der Waals surface area contributed by atoms with E-state index in [1.807, 2.05) is 19.2 Å². The van der Waals surface area contributed by atoms with Crippen molar-refractivity contribution in [3.05, 3.63) is 18.3 Å². The first kappa shape index (κ1) is 13.1. The van der Waals surface area contributed by atoms with Gasteiger partial charge in [-0.3, -0.25) is 0 Å². The molecule has 18 heavy (non-hydrogen) atoms. The van der Waals surface area contributed by atoms with Crippen LogP contribution in [0.15, 0.2) is 18.3 Å². The number of anilines is 2. The van der Waals surface area contributed by atoms with Gasteiger partial charge in [0, 0.05) is 31.9 Å². The van der Waals surface area contributed by atoms with Crippen molar-refractivity contribution in [2.45, 2.75) is 32.7 Å². The molecule has 2 heterocycles. The Bertz CT molecular complexity index is 364. The molecular weight excluding hydrogens is 226 g/mol. The Labute approximate surface area is 109 Å². The lowest BCUT2D eigenvalue weighted by molar-refractivity contribution is 0.141. The molecule has 1 fully saturated rings. The smallest absolute Gasteiger partial charge is 0.151 e. The summed E-state index contributed by atoms with van der Waals surface area (Å²) in [7, 11) is 0. The minimum Gasteiger partial charge on any atom is -0.380 e. The predicted molar refractivity (Wildman–Crippen MR) is 75.3 cm³/mol. The Morgan fingerprint density at radius 1 is 1.44 bits per heavy atom. The molecule has 4 heteroatoms. The van der Waals surface area contributed by atoms with E-state index in [4.69, 9.17) is 4.74 Å². The van der Waals surface area contributed by atoms with Gasteiger partial charge in [0.15, 0.2) is 5.82 Å². The summed E-state index contributed by atoms with van der Waals surface area (Å²) in [5, 5.41) is 3.49. The van der Waals surface area contributed by atoms with E-state index in [9.17, 15) is 0 Å². The van der Waals surface area contributed by atoms with Crippen LogP contribution in [-0.4, -0.2) is 37.3 Å². The van der Waals surface area contributed by atoms with Gasteiger partial charge in [-0.05, 0) is 38.8 Å². The second-order valence-electron chi connectivity index (χ2n) is 4.77. The Balaban J connectivity index is 2.02. The fourth-order valence-electron chi connectivity index (χ4n) is 2.29. The average Bonchev–Trinajstić information content (AvgIpc) is 2.91. The maximum atomic E-state index is 5.44. The van der Waals surface area contributed by atoms with Crippen LogP contribution < -0.4 is 10.2 Å². The molecule has 1 atom stereocenters. The Kier molecular flexibility index (Phi) is 4.81. The molecule has 4 nitrogen and oxygen atoms in total. The van der Waals surface area contributed by atoms with Gasteiger partial charge in [0.1, 0.15) is 0 Å². The van der Waals surface area contributed by atoms with E-state index in [-0.39, 0.29) is 0 Å². The molecule has 1 aliphatic rings. The molecule has 100 valence electrons. The van der Waals surface area contributed by atoms with Gasteiger partial charge in [-0.25, -0.2) is 4.98 Å². The summed E-state index contributed by atoms with van der Waals surface area (Å²) >= 11 is 0. The highest BCUT2D eigenvalue weighted by Crippen LogP contribution is 2.26. The van der Waals surface area contributed by atoms with Gasteiger partial charge in [-0.1, -0.05) is 0 Å². The highest BCUT2D eigenvalue weighted by atomic mass is 16.5. The number of nitrogens with zero attached hydrogens (tertiary/aromatic N) is 2. The Morgan fingerprint density at radius 3 is 2.94 bits per heavy atom. The van der Waals surface area contributed by atoms with Crippen molar-refractivity contribution in [1.82, 2.24) is 4.98 Å². The van der Waals surface area contributed by atoms with E-state index >= 15 is 0 Å². The van der Waals surface area contributed by atoms with E-state index in [2.05, 4.69) is 28.2 Å². The zero-order valence-electron chi connectivity index (χ0n) is 11.4. The van der Waals surface area contributed by atoms with Gasteiger partial charge < -0.3 is 15.0 Å². The van der Waals surface area contributed by atoms with Crippen molar-refractivity contribution >= 4 is 11.5 Å². The maximum absolute atomic E-state index is 5.44. The van der Waals surface area contributed by atoms with Crippen molar-refractivity contribution in [3.63, 3.8) is 0 Å². The van der Waals surface area contributed by atoms with E-state index in [1.54, 1.807) is 0 Å². The van der Waals surface area contributed by atoms with Crippen LogP contribution in [0, 0.1) is 0 Å². The lowest BCUT2D eigenvalue weighted by atomic mass is 10.3. The van der Waals surface area contributed by atoms with Crippen molar-refractivity contribution in [2.24, 2.45) is 0 Å². The van der Waals surface area contributed by atoms with Crippen LogP contribution in [0.5, 0.6) is 0 Å². The van der Waals surface area contributed by atoms with Crippen molar-refractivity contribution in [1.29, 1.82) is 0 Å². The summed E-state index contributed by atoms with van der Waals surface area (Å²) in [5.41, 5.74) is 1.12. The van der Waals surface area contributed by atoms with Gasteiger partial charge >= 0.3 is 0 Å². The van der Waals surface area contributed by atoms with Gasteiger partial charge in [0.25, 0.3) is 0 Å². The standard InChI is InChI=1S/C14H23N3O/c1-3-18-11-12(2)16-13-7-6-8-15-14(13)17-9-4-5-10-17/h6-8,12,16H,3-5,9-11H2,1-2H3. The van der Waals surface area contributed by atoms with Crippen molar-refractivity contribution < 1.29 is 4.74 Å². The largest absolute Gasteiger partial charge is 0.380 e. The first-order valence-corrected chi connectivity index (χ1v) is 6.85. The predicted octanol–water partition coefficient (Wildman–Crippen LogP) is 2.52. The Morgan fingerprint density at radius 2 is 2.22 bits per heavy atom. The molecule has 1 aliphatic heterocycles. The molecule has 0 bridgehead atoms. The van der Waals surface area contributed by atoms with Crippen molar-refractivity contribution in [2.75, 3.05) is 36.5 Å². The zero-order valence-corrected chi connectivity index (χ0v) is 11.4. The van der Waals surface area contributed by atoms with Gasteiger partial charge in [0.2, 0.25) is 0 Å². The van der Waals surface area contributed by atoms with Crippen molar-refractivity contribution in [3.8, 4) is 0 Å². The average molecular weight is 249 g/mol. The van der Waals surface area contributed by atoms with Crippen LogP contribution in [0.1, 0.15) is 26.7 Å². The first-order chi connectivity index (χ1) is 8.81. The van der Waals surface area contributed by atoms with Gasteiger partial charge in [0.05, 0.1) is 12.3 Å². The molecule has 1 saturated heterocycles. The maximum Gasteiger partial charge on any atom is 0.151 e. The van der Waals surface area contributed by atoms with Crippen LogP contribution in [0.2, 0.25) is 0 Å². The van der Waals surface area contributed by atoms with Crippen LogP contribution in [0.3, 0.4) is 0 Å². The zero-order chi connectivity index (χ0) is 12.8. The number of ether oxygens (including phenoxy) is 1. The molecule has 1 unspecified atom stereocenters. The number of hydrogen-bond donors (Lipinski definition) is 1. The normalized spacial score (nSPS) is 16.9. The fraction of sp³-hybridized carbons (Fsp3) is 0.643. The van der Waals surface area contributed by atoms with Crippen LogP contribution >= 0.6 is 0 Å². The monoisotopic (exact) mass is 249 g/mol. The minimum atomic E-state index is 0.301. The van der Waals surface area contributed by atoms with E-state index < -0.39 is 0 Å². The lowest BCUT2D eigenvalue weighted by Crippen LogP contribution is -2.25. The minimum absolute atomic E-state index is 0.301. The molecule has 1 aromatic heterocycles. The summed E-state index contributed by atoms with van der Waals surface area (Å²) in [4.78, 5) is 6.87. The second-order valence-corrected chi connectivity index (χ2v) is 4.77. The SMILES string of the molecule is CCOCC(C)Nc1cccnc1N1CCCC1.